The number of hydrogen-bond donors (Lipinski definition) is 4. The van der Waals surface area contributed by atoms with Crippen LogP contribution >= 0.6 is 0 Å². The largest absolute Gasteiger partial charge is 0.497 e. The summed E-state index contributed by atoms with van der Waals surface area (Å²) in [5, 5.41) is 17.3. The van der Waals surface area contributed by atoms with Gasteiger partial charge in [-0.05, 0) is 54.1 Å². The Hall–Kier alpha value is -5.57. The fraction of sp³-hybridized carbons (Fsp3) is 0.0938. The third-order valence-corrected chi connectivity index (χ3v) is 6.44. The van der Waals surface area contributed by atoms with Crippen molar-refractivity contribution in [2.75, 3.05) is 19.5 Å². The van der Waals surface area contributed by atoms with Gasteiger partial charge in [-0.3, -0.25) is 0 Å². The lowest BCUT2D eigenvalue weighted by molar-refractivity contribution is 0.0601. The standard InChI is InChI=1S/C32H28N4O5/c1-40-25-10-6-7-20(17-25)19-33-32(39)35-24-14-12-23(13-15-24)34-29(21-8-4-3-5-9-21)28-26-16-11-22(31(38)41-2)18-27(26)36-30(28)37/h3-18,36-37H,19H2,1-2H3,(H2,33,35,39). The SMILES string of the molecule is COC(=O)c1ccc2c(C(=Nc3ccc(NC(=O)NCc4cccc(OC)c4)cc3)c3ccccc3)c(O)[nH]c2c1. The number of aromatic nitrogens is 1. The Morgan fingerprint density at radius 1 is 0.878 bits per heavy atom. The number of ether oxygens (including phenoxy) is 2. The summed E-state index contributed by atoms with van der Waals surface area (Å²) in [6.45, 7) is 0.348. The molecule has 0 aliphatic heterocycles. The summed E-state index contributed by atoms with van der Waals surface area (Å²) < 4.78 is 10.0. The molecule has 9 heteroatoms. The molecule has 1 heterocycles. The minimum atomic E-state index is -0.470. The molecule has 0 aliphatic rings. The van der Waals surface area contributed by atoms with Crippen LogP contribution in [-0.4, -0.2) is 42.0 Å². The summed E-state index contributed by atoms with van der Waals surface area (Å²) >= 11 is 0. The Morgan fingerprint density at radius 2 is 1.66 bits per heavy atom. The highest BCUT2D eigenvalue weighted by Crippen LogP contribution is 2.32. The molecule has 206 valence electrons. The van der Waals surface area contributed by atoms with Crippen LogP contribution in [0.4, 0.5) is 16.2 Å². The molecule has 0 fully saturated rings. The number of anilines is 1. The van der Waals surface area contributed by atoms with E-state index in [4.69, 9.17) is 14.5 Å². The van der Waals surface area contributed by atoms with Gasteiger partial charge in [0.15, 0.2) is 5.88 Å². The van der Waals surface area contributed by atoms with Gasteiger partial charge in [-0.2, -0.15) is 0 Å². The van der Waals surface area contributed by atoms with Crippen LogP contribution in [0.3, 0.4) is 0 Å². The number of benzene rings is 4. The molecule has 1 aromatic heterocycles. The topological polar surface area (TPSA) is 125 Å². The monoisotopic (exact) mass is 548 g/mol. The van der Waals surface area contributed by atoms with Crippen molar-refractivity contribution in [3.63, 3.8) is 0 Å². The summed E-state index contributed by atoms with van der Waals surface area (Å²) in [5.41, 5.74) is 4.90. The predicted octanol–water partition coefficient (Wildman–Crippen LogP) is 6.16. The number of aromatic amines is 1. The van der Waals surface area contributed by atoms with Crippen LogP contribution < -0.4 is 15.4 Å². The number of methoxy groups -OCH3 is 2. The van der Waals surface area contributed by atoms with Gasteiger partial charge in [0, 0.05) is 28.7 Å². The molecule has 4 aromatic carbocycles. The van der Waals surface area contributed by atoms with Gasteiger partial charge in [-0.25, -0.2) is 14.6 Å². The van der Waals surface area contributed by atoms with Gasteiger partial charge < -0.3 is 30.2 Å². The van der Waals surface area contributed by atoms with Crippen molar-refractivity contribution in [3.8, 4) is 11.6 Å². The second-order valence-corrected chi connectivity index (χ2v) is 9.13. The fourth-order valence-electron chi connectivity index (χ4n) is 4.42. The lowest BCUT2D eigenvalue weighted by Crippen LogP contribution is -2.28. The molecule has 0 aliphatic carbocycles. The van der Waals surface area contributed by atoms with Crippen LogP contribution in [-0.2, 0) is 11.3 Å². The zero-order valence-corrected chi connectivity index (χ0v) is 22.5. The summed E-state index contributed by atoms with van der Waals surface area (Å²) in [7, 11) is 2.92. The second kappa shape index (κ2) is 12.1. The number of esters is 1. The number of carbonyl (C=O) groups is 2. The average molecular weight is 549 g/mol. The van der Waals surface area contributed by atoms with Crippen LogP contribution in [0.5, 0.6) is 11.6 Å². The number of urea groups is 1. The number of H-pyrrole nitrogens is 1. The Balaban J connectivity index is 1.39. The van der Waals surface area contributed by atoms with Gasteiger partial charge in [0.1, 0.15) is 5.75 Å². The van der Waals surface area contributed by atoms with Crippen molar-refractivity contribution >= 4 is 40.0 Å². The van der Waals surface area contributed by atoms with E-state index in [1.165, 1.54) is 7.11 Å². The number of fused-ring (bicyclic) bond motifs is 1. The number of amides is 2. The molecule has 41 heavy (non-hydrogen) atoms. The molecule has 5 rings (SSSR count). The summed E-state index contributed by atoms with van der Waals surface area (Å²) in [6.07, 6.45) is 0. The van der Waals surface area contributed by atoms with Crippen molar-refractivity contribution in [1.82, 2.24) is 10.3 Å². The number of aliphatic imine (C=N–C) groups is 1. The number of carbonyl (C=O) groups excluding carboxylic acids is 2. The van der Waals surface area contributed by atoms with Gasteiger partial charge >= 0.3 is 12.0 Å². The maximum atomic E-state index is 12.4. The number of hydrogen-bond acceptors (Lipinski definition) is 6. The molecule has 0 atom stereocenters. The first-order chi connectivity index (χ1) is 19.9. The molecular formula is C32H28N4O5. The molecule has 0 unspecified atom stereocenters. The average Bonchev–Trinajstić information content (AvgIpc) is 3.34. The molecule has 9 nitrogen and oxygen atoms in total. The van der Waals surface area contributed by atoms with Gasteiger partial charge in [0.2, 0.25) is 0 Å². The Bertz CT molecular complexity index is 1730. The number of nitrogens with one attached hydrogen (secondary N) is 3. The quantitative estimate of drug-likeness (QED) is 0.137. The Morgan fingerprint density at radius 3 is 2.39 bits per heavy atom. The highest BCUT2D eigenvalue weighted by atomic mass is 16.5. The zero-order chi connectivity index (χ0) is 28.8. The van der Waals surface area contributed by atoms with Gasteiger partial charge in [-0.15, -0.1) is 0 Å². The van der Waals surface area contributed by atoms with Crippen LogP contribution in [0, 0.1) is 0 Å². The third kappa shape index (κ3) is 6.20. The second-order valence-electron chi connectivity index (χ2n) is 9.13. The molecular weight excluding hydrogens is 520 g/mol. The van der Waals surface area contributed by atoms with E-state index in [1.807, 2.05) is 54.6 Å². The van der Waals surface area contributed by atoms with Gasteiger partial charge in [0.25, 0.3) is 0 Å². The normalized spacial score (nSPS) is 11.2. The van der Waals surface area contributed by atoms with E-state index in [2.05, 4.69) is 15.6 Å². The summed E-state index contributed by atoms with van der Waals surface area (Å²) in [4.78, 5) is 32.3. The van der Waals surface area contributed by atoms with E-state index in [9.17, 15) is 14.7 Å². The third-order valence-electron chi connectivity index (χ3n) is 6.44. The molecule has 0 spiro atoms. The maximum absolute atomic E-state index is 12.4. The van der Waals surface area contributed by atoms with Gasteiger partial charge in [-0.1, -0.05) is 48.5 Å². The van der Waals surface area contributed by atoms with E-state index < -0.39 is 5.97 Å². The van der Waals surface area contributed by atoms with E-state index in [0.29, 0.717) is 45.7 Å². The van der Waals surface area contributed by atoms with Gasteiger partial charge in [0.05, 0.1) is 36.7 Å². The van der Waals surface area contributed by atoms with Crippen molar-refractivity contribution < 1.29 is 24.2 Å². The van der Waals surface area contributed by atoms with E-state index >= 15 is 0 Å². The smallest absolute Gasteiger partial charge is 0.337 e. The number of aromatic hydroxyl groups is 1. The van der Waals surface area contributed by atoms with Crippen LogP contribution in [0.1, 0.15) is 27.0 Å². The van der Waals surface area contributed by atoms with Crippen LogP contribution in [0.25, 0.3) is 10.9 Å². The van der Waals surface area contributed by atoms with Crippen molar-refractivity contribution in [3.05, 3.63) is 119 Å². The molecule has 5 aromatic rings. The van der Waals surface area contributed by atoms with E-state index in [0.717, 1.165) is 16.9 Å². The highest BCUT2D eigenvalue weighted by molar-refractivity contribution is 6.22. The Kier molecular flexibility index (Phi) is 7.96. The predicted molar refractivity (Wildman–Crippen MR) is 158 cm³/mol. The molecule has 4 N–H and O–H groups in total. The fourth-order valence-corrected chi connectivity index (χ4v) is 4.42. The molecule has 0 bridgehead atoms. The number of rotatable bonds is 8. The first-order valence-electron chi connectivity index (χ1n) is 12.8. The molecule has 0 saturated carbocycles. The minimum Gasteiger partial charge on any atom is -0.497 e. The lowest BCUT2D eigenvalue weighted by Gasteiger charge is -2.10. The Labute approximate surface area is 236 Å². The van der Waals surface area contributed by atoms with E-state index in [1.54, 1.807) is 49.6 Å². The van der Waals surface area contributed by atoms with Crippen molar-refractivity contribution in [1.29, 1.82) is 0 Å². The molecule has 2 amide bonds. The number of nitrogens with zero attached hydrogens (tertiary/aromatic N) is 1. The minimum absolute atomic E-state index is 0.0735. The van der Waals surface area contributed by atoms with E-state index in [-0.39, 0.29) is 11.9 Å². The first-order valence-corrected chi connectivity index (χ1v) is 12.8. The zero-order valence-electron chi connectivity index (χ0n) is 22.5. The van der Waals surface area contributed by atoms with Crippen molar-refractivity contribution in [2.45, 2.75) is 6.54 Å². The molecule has 0 radical (unpaired) electrons. The summed E-state index contributed by atoms with van der Waals surface area (Å²) in [6, 6.07) is 28.7. The summed E-state index contributed by atoms with van der Waals surface area (Å²) in [5.74, 6) is 0.181. The highest BCUT2D eigenvalue weighted by Gasteiger charge is 2.20. The van der Waals surface area contributed by atoms with Crippen molar-refractivity contribution in [2.24, 2.45) is 4.99 Å². The lowest BCUT2D eigenvalue weighted by atomic mass is 10.00. The van der Waals surface area contributed by atoms with Crippen LogP contribution in [0.2, 0.25) is 0 Å². The maximum Gasteiger partial charge on any atom is 0.337 e. The van der Waals surface area contributed by atoms with Crippen LogP contribution in [0.15, 0.2) is 102 Å². The first kappa shape index (κ1) is 27.0. The molecule has 0 saturated heterocycles.